The summed E-state index contributed by atoms with van der Waals surface area (Å²) in [5.41, 5.74) is 6.65. The van der Waals surface area contributed by atoms with E-state index in [-0.39, 0.29) is 29.2 Å². The van der Waals surface area contributed by atoms with Crippen molar-refractivity contribution in [3.05, 3.63) is 27.7 Å². The predicted molar refractivity (Wildman–Crippen MR) is 65.0 cm³/mol. The van der Waals surface area contributed by atoms with Gasteiger partial charge in [0.2, 0.25) is 0 Å². The Hall–Kier alpha value is -0.150. The molecule has 0 saturated heterocycles. The average Bonchev–Trinajstić information content (AvgIpc) is 2.97. The zero-order chi connectivity index (χ0) is 10.3. The van der Waals surface area contributed by atoms with Crippen LogP contribution >= 0.6 is 35.6 Å². The fraction of sp³-hybridized carbons (Fsp3) is 0.400. The lowest BCUT2D eigenvalue weighted by atomic mass is 10.0. The highest BCUT2D eigenvalue weighted by molar-refractivity contribution is 6.43. The first-order chi connectivity index (χ1) is 6.61. The van der Waals surface area contributed by atoms with Gasteiger partial charge in [0.15, 0.2) is 0 Å². The molecule has 5 heteroatoms. The minimum atomic E-state index is -0.121. The molecule has 15 heavy (non-hydrogen) atoms. The first kappa shape index (κ1) is 12.9. The number of aromatic hydroxyl groups is 1. The predicted octanol–water partition coefficient (Wildman–Crippen LogP) is 3.53. The third kappa shape index (κ3) is 2.51. The first-order valence-electron chi connectivity index (χ1n) is 4.53. The van der Waals surface area contributed by atoms with E-state index >= 15 is 0 Å². The van der Waals surface area contributed by atoms with E-state index in [1.165, 1.54) is 0 Å². The normalized spacial score (nSPS) is 17.0. The summed E-state index contributed by atoms with van der Waals surface area (Å²) in [6.07, 6.45) is 2.25. The van der Waals surface area contributed by atoms with Gasteiger partial charge in [-0.15, -0.1) is 12.4 Å². The van der Waals surface area contributed by atoms with Crippen molar-refractivity contribution < 1.29 is 5.11 Å². The molecule has 0 bridgehead atoms. The van der Waals surface area contributed by atoms with Crippen LogP contribution in [-0.4, -0.2) is 5.11 Å². The van der Waals surface area contributed by atoms with Gasteiger partial charge >= 0.3 is 0 Å². The fourth-order valence-corrected chi connectivity index (χ4v) is 1.86. The van der Waals surface area contributed by atoms with Gasteiger partial charge in [-0.05, 0) is 24.8 Å². The number of halogens is 3. The van der Waals surface area contributed by atoms with Crippen LogP contribution in [0.2, 0.25) is 10.0 Å². The lowest BCUT2D eigenvalue weighted by Gasteiger charge is -2.13. The molecule has 0 heterocycles. The molecule has 0 aromatic heterocycles. The Kier molecular flexibility index (Phi) is 4.13. The van der Waals surface area contributed by atoms with Crippen LogP contribution in [0.25, 0.3) is 0 Å². The van der Waals surface area contributed by atoms with Crippen molar-refractivity contribution in [2.24, 2.45) is 11.7 Å². The van der Waals surface area contributed by atoms with Gasteiger partial charge in [-0.1, -0.05) is 29.3 Å². The number of phenolic OH excluding ortho intramolecular Hbond substituents is 1. The molecule has 0 radical (unpaired) electrons. The lowest BCUT2D eigenvalue weighted by Crippen LogP contribution is -2.12. The zero-order valence-corrected chi connectivity index (χ0v) is 10.2. The molecule has 1 aliphatic rings. The summed E-state index contributed by atoms with van der Waals surface area (Å²) in [5.74, 6) is 0.511. The highest BCUT2D eigenvalue weighted by Gasteiger charge is 2.31. The molecule has 1 atom stereocenters. The summed E-state index contributed by atoms with van der Waals surface area (Å²) in [5, 5.41) is 10.3. The van der Waals surface area contributed by atoms with Crippen molar-refractivity contribution in [3.8, 4) is 5.75 Å². The molecule has 1 saturated carbocycles. The minimum absolute atomic E-state index is 0. The molecule has 3 N–H and O–H groups in total. The Balaban J connectivity index is 0.00000112. The van der Waals surface area contributed by atoms with E-state index in [1.54, 1.807) is 12.1 Å². The van der Waals surface area contributed by atoms with E-state index in [9.17, 15) is 5.11 Å². The van der Waals surface area contributed by atoms with Gasteiger partial charge in [0.25, 0.3) is 0 Å². The average molecular weight is 269 g/mol. The van der Waals surface area contributed by atoms with Crippen molar-refractivity contribution in [2.45, 2.75) is 18.9 Å². The van der Waals surface area contributed by atoms with E-state index in [1.807, 2.05) is 0 Å². The third-order valence-corrected chi connectivity index (χ3v) is 3.38. The van der Waals surface area contributed by atoms with Gasteiger partial charge in [0.05, 0.1) is 5.02 Å². The molecule has 0 aliphatic heterocycles. The molecule has 2 rings (SSSR count). The van der Waals surface area contributed by atoms with Crippen LogP contribution in [0.5, 0.6) is 5.75 Å². The standard InChI is InChI=1S/C10H11Cl2NO.ClH/c11-7-4-3-6(10(14)8(7)12)9(13)5-1-2-5;/h3-5,9,14H,1-2,13H2;1H/t9-;/m0./s1. The third-order valence-electron chi connectivity index (χ3n) is 2.59. The minimum Gasteiger partial charge on any atom is -0.506 e. The Labute approximate surface area is 105 Å². The number of phenols is 1. The highest BCUT2D eigenvalue weighted by Crippen LogP contribution is 2.44. The lowest BCUT2D eigenvalue weighted by molar-refractivity contribution is 0.456. The Bertz CT molecular complexity index is 366. The number of rotatable bonds is 2. The maximum absolute atomic E-state index is 9.73. The maximum Gasteiger partial charge on any atom is 0.140 e. The fourth-order valence-electron chi connectivity index (χ4n) is 1.53. The van der Waals surface area contributed by atoms with Crippen LogP contribution in [0.3, 0.4) is 0 Å². The van der Waals surface area contributed by atoms with Crippen molar-refractivity contribution in [1.29, 1.82) is 0 Å². The van der Waals surface area contributed by atoms with E-state index in [0.717, 1.165) is 12.8 Å². The molecule has 0 amide bonds. The zero-order valence-electron chi connectivity index (χ0n) is 7.91. The second-order valence-corrected chi connectivity index (χ2v) is 4.45. The molecular weight excluding hydrogens is 256 g/mol. The van der Waals surface area contributed by atoms with Gasteiger partial charge in [-0.2, -0.15) is 0 Å². The van der Waals surface area contributed by atoms with E-state index < -0.39 is 0 Å². The van der Waals surface area contributed by atoms with Crippen LogP contribution in [0.4, 0.5) is 0 Å². The van der Waals surface area contributed by atoms with Gasteiger partial charge in [0, 0.05) is 11.6 Å². The molecule has 84 valence electrons. The summed E-state index contributed by atoms with van der Waals surface area (Å²) in [4.78, 5) is 0. The summed E-state index contributed by atoms with van der Waals surface area (Å²) >= 11 is 11.6. The number of hydrogen-bond donors (Lipinski definition) is 2. The molecule has 2 nitrogen and oxygen atoms in total. The van der Waals surface area contributed by atoms with Crippen LogP contribution in [0.15, 0.2) is 12.1 Å². The van der Waals surface area contributed by atoms with Gasteiger partial charge in [-0.3, -0.25) is 0 Å². The summed E-state index contributed by atoms with van der Waals surface area (Å²) in [6.45, 7) is 0. The van der Waals surface area contributed by atoms with Crippen molar-refractivity contribution in [2.75, 3.05) is 0 Å². The summed E-state index contributed by atoms with van der Waals surface area (Å²) < 4.78 is 0. The largest absolute Gasteiger partial charge is 0.506 e. The van der Waals surface area contributed by atoms with Crippen molar-refractivity contribution in [3.63, 3.8) is 0 Å². The van der Waals surface area contributed by atoms with E-state index in [2.05, 4.69) is 0 Å². The summed E-state index contributed by atoms with van der Waals surface area (Å²) in [6, 6.07) is 3.29. The smallest absolute Gasteiger partial charge is 0.140 e. The van der Waals surface area contributed by atoms with Crippen LogP contribution < -0.4 is 5.73 Å². The van der Waals surface area contributed by atoms with Gasteiger partial charge < -0.3 is 10.8 Å². The monoisotopic (exact) mass is 267 g/mol. The second kappa shape index (κ2) is 4.79. The molecule has 0 unspecified atom stereocenters. The number of hydrogen-bond acceptors (Lipinski definition) is 2. The van der Waals surface area contributed by atoms with Gasteiger partial charge in [0.1, 0.15) is 10.8 Å². The van der Waals surface area contributed by atoms with Crippen molar-refractivity contribution in [1.82, 2.24) is 0 Å². The Morgan fingerprint density at radius 2 is 1.93 bits per heavy atom. The van der Waals surface area contributed by atoms with E-state index in [0.29, 0.717) is 16.5 Å². The van der Waals surface area contributed by atoms with Gasteiger partial charge in [-0.25, -0.2) is 0 Å². The van der Waals surface area contributed by atoms with Crippen LogP contribution in [-0.2, 0) is 0 Å². The number of benzene rings is 1. The Morgan fingerprint density at radius 1 is 1.33 bits per heavy atom. The molecule has 1 aliphatic carbocycles. The quantitative estimate of drug-likeness (QED) is 0.862. The summed E-state index contributed by atoms with van der Waals surface area (Å²) in [7, 11) is 0. The van der Waals surface area contributed by atoms with Crippen LogP contribution in [0.1, 0.15) is 24.4 Å². The van der Waals surface area contributed by atoms with Crippen LogP contribution in [0, 0.1) is 5.92 Å². The molecule has 0 spiro atoms. The molecule has 1 fully saturated rings. The molecule has 1 aromatic rings. The molecular formula is C10H12Cl3NO. The highest BCUT2D eigenvalue weighted by atomic mass is 35.5. The van der Waals surface area contributed by atoms with E-state index in [4.69, 9.17) is 28.9 Å². The maximum atomic E-state index is 9.73. The Morgan fingerprint density at radius 3 is 2.47 bits per heavy atom. The number of nitrogens with two attached hydrogens (primary N) is 1. The first-order valence-corrected chi connectivity index (χ1v) is 5.29. The topological polar surface area (TPSA) is 46.2 Å². The molecule has 1 aromatic carbocycles. The van der Waals surface area contributed by atoms with Crippen molar-refractivity contribution >= 4 is 35.6 Å². The second-order valence-electron chi connectivity index (χ2n) is 3.66. The SMILES string of the molecule is Cl.N[C@H](c1ccc(Cl)c(Cl)c1O)C1CC1.